The van der Waals surface area contributed by atoms with Crippen molar-refractivity contribution in [1.82, 2.24) is 5.48 Å². The largest absolute Gasteiger partial charge is 0.295 e. The Morgan fingerprint density at radius 2 is 1.55 bits per heavy atom. The van der Waals surface area contributed by atoms with Crippen LogP contribution in [0, 0.1) is 5.41 Å². The number of hydroxylamine groups is 1. The van der Waals surface area contributed by atoms with E-state index in [9.17, 15) is 0 Å². The van der Waals surface area contributed by atoms with Crippen molar-refractivity contribution in [2.24, 2.45) is 5.41 Å². The van der Waals surface area contributed by atoms with Gasteiger partial charge in [-0.15, -0.1) is 0 Å². The highest BCUT2D eigenvalue weighted by Gasteiger charge is 2.33. The minimum Gasteiger partial charge on any atom is -0.295 e. The average molecular weight is 159 g/mol. The zero-order chi connectivity index (χ0) is 9.12. The summed E-state index contributed by atoms with van der Waals surface area (Å²) in [4.78, 5) is 5.49. The van der Waals surface area contributed by atoms with Crippen LogP contribution in [-0.4, -0.2) is 12.1 Å². The first-order valence-electron chi connectivity index (χ1n) is 4.22. The third kappa shape index (κ3) is 3.21. The molecule has 0 aliphatic carbocycles. The molecule has 0 amide bonds. The van der Waals surface area contributed by atoms with Gasteiger partial charge in [-0.1, -0.05) is 27.7 Å². The summed E-state index contributed by atoms with van der Waals surface area (Å²) in [5, 5.41) is 0. The van der Waals surface area contributed by atoms with Gasteiger partial charge < -0.3 is 0 Å². The molecule has 0 heterocycles. The van der Waals surface area contributed by atoms with E-state index < -0.39 is 0 Å². The molecular weight excluding hydrogens is 138 g/mol. The van der Waals surface area contributed by atoms with Crippen molar-refractivity contribution in [3.8, 4) is 0 Å². The lowest BCUT2D eigenvalue weighted by atomic mass is 9.79. The van der Waals surface area contributed by atoms with Gasteiger partial charge in [0, 0.05) is 6.54 Å². The molecule has 0 spiro atoms. The van der Waals surface area contributed by atoms with Gasteiger partial charge in [-0.05, 0) is 19.3 Å². The molecule has 0 aromatic carbocycles. The first-order chi connectivity index (χ1) is 4.81. The van der Waals surface area contributed by atoms with E-state index in [1.165, 1.54) is 0 Å². The Balaban J connectivity index is 4.00. The molecule has 1 N–H and O–H groups in total. The second-order valence-corrected chi connectivity index (χ2v) is 4.36. The van der Waals surface area contributed by atoms with Crippen LogP contribution in [0.3, 0.4) is 0 Å². The van der Waals surface area contributed by atoms with E-state index in [1.807, 2.05) is 6.92 Å². The Hall–Kier alpha value is -0.0800. The lowest BCUT2D eigenvalue weighted by Crippen LogP contribution is -2.43. The minimum atomic E-state index is -0.122. The van der Waals surface area contributed by atoms with E-state index in [0.717, 1.165) is 6.54 Å². The fraction of sp³-hybridized carbons (Fsp3) is 1.00. The van der Waals surface area contributed by atoms with Gasteiger partial charge in [0.15, 0.2) is 0 Å². The van der Waals surface area contributed by atoms with Crippen molar-refractivity contribution >= 4 is 0 Å². The molecule has 0 aliphatic heterocycles. The Morgan fingerprint density at radius 3 is 1.82 bits per heavy atom. The minimum absolute atomic E-state index is 0.122. The van der Waals surface area contributed by atoms with Crippen LogP contribution in [0.2, 0.25) is 0 Å². The first-order valence-corrected chi connectivity index (χ1v) is 4.22. The van der Waals surface area contributed by atoms with E-state index in [-0.39, 0.29) is 11.0 Å². The Morgan fingerprint density at radius 1 is 1.09 bits per heavy atom. The van der Waals surface area contributed by atoms with Crippen LogP contribution in [0.5, 0.6) is 0 Å². The molecule has 2 heteroatoms. The third-order valence-electron chi connectivity index (χ3n) is 2.28. The maximum absolute atomic E-state index is 5.49. The lowest BCUT2D eigenvalue weighted by Gasteiger charge is -2.37. The molecule has 0 saturated carbocycles. The van der Waals surface area contributed by atoms with Crippen LogP contribution in [0.15, 0.2) is 0 Å². The lowest BCUT2D eigenvalue weighted by molar-refractivity contribution is -0.140. The quantitative estimate of drug-likeness (QED) is 0.638. The summed E-state index contributed by atoms with van der Waals surface area (Å²) in [5.74, 6) is 0. The molecule has 0 radical (unpaired) electrons. The van der Waals surface area contributed by atoms with Crippen LogP contribution in [0.25, 0.3) is 0 Å². The van der Waals surface area contributed by atoms with E-state index in [1.54, 1.807) is 0 Å². The molecule has 0 aromatic heterocycles. The second-order valence-electron chi connectivity index (χ2n) is 4.36. The summed E-state index contributed by atoms with van der Waals surface area (Å²) in [7, 11) is 0. The SMILES string of the molecule is CCNOC(C)(C)C(C)(C)C. The zero-order valence-electron chi connectivity index (χ0n) is 8.62. The molecule has 68 valence electrons. The van der Waals surface area contributed by atoms with Crippen LogP contribution >= 0.6 is 0 Å². The monoisotopic (exact) mass is 159 g/mol. The van der Waals surface area contributed by atoms with Crippen LogP contribution in [0.1, 0.15) is 41.5 Å². The highest BCUT2D eigenvalue weighted by molar-refractivity contribution is 4.82. The molecule has 2 nitrogen and oxygen atoms in total. The van der Waals surface area contributed by atoms with Gasteiger partial charge in [-0.2, -0.15) is 0 Å². The van der Waals surface area contributed by atoms with E-state index in [0.29, 0.717) is 0 Å². The summed E-state index contributed by atoms with van der Waals surface area (Å²) in [6.45, 7) is 13.6. The predicted molar refractivity (Wildman–Crippen MR) is 48.3 cm³/mol. The van der Waals surface area contributed by atoms with Crippen molar-refractivity contribution < 1.29 is 4.84 Å². The molecule has 0 saturated heterocycles. The molecule has 0 rings (SSSR count). The van der Waals surface area contributed by atoms with Crippen LogP contribution < -0.4 is 5.48 Å². The van der Waals surface area contributed by atoms with Crippen molar-refractivity contribution in [1.29, 1.82) is 0 Å². The Kier molecular flexibility index (Phi) is 3.52. The standard InChI is InChI=1S/C9H21NO/c1-7-10-11-9(5,6)8(2,3)4/h10H,7H2,1-6H3. The number of nitrogens with one attached hydrogen (secondary N) is 1. The summed E-state index contributed by atoms with van der Waals surface area (Å²) in [6, 6.07) is 0. The average Bonchev–Trinajstić information content (AvgIpc) is 1.81. The molecule has 0 aliphatic rings. The third-order valence-corrected chi connectivity index (χ3v) is 2.28. The maximum atomic E-state index is 5.49. The molecule has 11 heavy (non-hydrogen) atoms. The van der Waals surface area contributed by atoms with Crippen molar-refractivity contribution in [3.05, 3.63) is 0 Å². The van der Waals surface area contributed by atoms with Crippen molar-refractivity contribution in [2.75, 3.05) is 6.54 Å². The number of hydrogen-bond donors (Lipinski definition) is 1. The molecule has 0 fully saturated rings. The molecule has 0 unspecified atom stereocenters. The predicted octanol–water partition coefficient (Wildman–Crippen LogP) is 2.35. The Labute approximate surface area is 70.3 Å². The maximum Gasteiger partial charge on any atom is 0.0888 e. The smallest absolute Gasteiger partial charge is 0.0888 e. The summed E-state index contributed by atoms with van der Waals surface area (Å²) in [5.41, 5.74) is 2.93. The van der Waals surface area contributed by atoms with Crippen molar-refractivity contribution in [2.45, 2.75) is 47.1 Å². The van der Waals surface area contributed by atoms with E-state index in [4.69, 9.17) is 4.84 Å². The highest BCUT2D eigenvalue weighted by Crippen LogP contribution is 2.31. The summed E-state index contributed by atoms with van der Waals surface area (Å²) in [6.07, 6.45) is 0. The van der Waals surface area contributed by atoms with Gasteiger partial charge in [0.05, 0.1) is 5.60 Å². The number of hydrogen-bond acceptors (Lipinski definition) is 2. The molecule has 0 atom stereocenters. The fourth-order valence-corrected chi connectivity index (χ4v) is 0.406. The Bertz CT molecular complexity index is 113. The van der Waals surface area contributed by atoms with Gasteiger partial charge in [0.25, 0.3) is 0 Å². The molecule has 0 aromatic rings. The van der Waals surface area contributed by atoms with E-state index in [2.05, 4.69) is 40.1 Å². The topological polar surface area (TPSA) is 21.3 Å². The van der Waals surface area contributed by atoms with Gasteiger partial charge in [0.2, 0.25) is 0 Å². The zero-order valence-corrected chi connectivity index (χ0v) is 8.62. The van der Waals surface area contributed by atoms with Crippen LogP contribution in [-0.2, 0) is 4.84 Å². The summed E-state index contributed by atoms with van der Waals surface area (Å²) >= 11 is 0. The van der Waals surface area contributed by atoms with Gasteiger partial charge in [-0.25, -0.2) is 5.48 Å². The molecule has 0 bridgehead atoms. The van der Waals surface area contributed by atoms with Crippen molar-refractivity contribution in [3.63, 3.8) is 0 Å². The van der Waals surface area contributed by atoms with Crippen LogP contribution in [0.4, 0.5) is 0 Å². The summed E-state index contributed by atoms with van der Waals surface area (Å²) < 4.78 is 0. The highest BCUT2D eigenvalue weighted by atomic mass is 16.7. The number of rotatable bonds is 3. The first kappa shape index (κ1) is 10.9. The molecular formula is C9H21NO. The van der Waals surface area contributed by atoms with Gasteiger partial charge >= 0.3 is 0 Å². The van der Waals surface area contributed by atoms with Gasteiger partial charge in [0.1, 0.15) is 0 Å². The van der Waals surface area contributed by atoms with E-state index >= 15 is 0 Å². The normalized spacial score (nSPS) is 13.6. The van der Waals surface area contributed by atoms with Gasteiger partial charge in [-0.3, -0.25) is 4.84 Å². The second kappa shape index (κ2) is 3.55. The fourth-order valence-electron chi connectivity index (χ4n) is 0.406.